The predicted octanol–water partition coefficient (Wildman–Crippen LogP) is 3.56. The first-order valence-electron chi connectivity index (χ1n) is 5.68. The number of nitrogens with one attached hydrogen (secondary N) is 1. The van der Waals surface area contributed by atoms with E-state index < -0.39 is 0 Å². The lowest BCUT2D eigenvalue weighted by molar-refractivity contribution is 0.399. The quantitative estimate of drug-likeness (QED) is 0.417. The van der Waals surface area contributed by atoms with Crippen molar-refractivity contribution in [3.8, 4) is 23.0 Å². The van der Waals surface area contributed by atoms with Crippen molar-refractivity contribution in [3.05, 3.63) is 35.4 Å². The van der Waals surface area contributed by atoms with Gasteiger partial charge in [-0.05, 0) is 31.5 Å². The van der Waals surface area contributed by atoms with Gasteiger partial charge in [0.1, 0.15) is 11.4 Å². The van der Waals surface area contributed by atoms with E-state index in [0.717, 1.165) is 5.69 Å². The SMILES string of the molecule is Cc1c(C)c(O)c2c(c1O)Nc1ccccc1O2. The predicted molar refractivity (Wildman–Crippen MR) is 69.0 cm³/mol. The van der Waals surface area contributed by atoms with Crippen LogP contribution in [0.2, 0.25) is 0 Å². The first-order valence-corrected chi connectivity index (χ1v) is 5.68. The molecular weight excluding hydrogens is 230 g/mol. The standard InChI is InChI=1S/C14H13NO3/c1-7-8(2)13(17)14-11(12(7)16)15-9-5-3-4-6-10(9)18-14/h3-6,15-17H,1-2H3. The summed E-state index contributed by atoms with van der Waals surface area (Å²) in [6.07, 6.45) is 0. The van der Waals surface area contributed by atoms with Gasteiger partial charge in [0.2, 0.25) is 0 Å². The molecule has 1 heterocycles. The van der Waals surface area contributed by atoms with Crippen LogP contribution in [0.1, 0.15) is 11.1 Å². The number of rotatable bonds is 0. The number of para-hydroxylation sites is 2. The van der Waals surface area contributed by atoms with Crippen LogP contribution in [0.4, 0.5) is 11.4 Å². The maximum atomic E-state index is 10.1. The molecule has 0 atom stereocenters. The van der Waals surface area contributed by atoms with Crippen molar-refractivity contribution in [1.82, 2.24) is 0 Å². The van der Waals surface area contributed by atoms with Crippen molar-refractivity contribution in [1.29, 1.82) is 0 Å². The molecule has 0 aliphatic carbocycles. The van der Waals surface area contributed by atoms with Gasteiger partial charge in [-0.2, -0.15) is 0 Å². The van der Waals surface area contributed by atoms with Crippen LogP contribution in [0.5, 0.6) is 23.0 Å². The largest absolute Gasteiger partial charge is 0.505 e. The molecule has 0 radical (unpaired) electrons. The molecule has 0 spiro atoms. The molecule has 1 aliphatic rings. The summed E-state index contributed by atoms with van der Waals surface area (Å²) < 4.78 is 5.65. The highest BCUT2D eigenvalue weighted by atomic mass is 16.5. The Balaban J connectivity index is 2.25. The van der Waals surface area contributed by atoms with Crippen LogP contribution >= 0.6 is 0 Å². The minimum Gasteiger partial charge on any atom is -0.505 e. The van der Waals surface area contributed by atoms with Gasteiger partial charge in [-0.3, -0.25) is 0 Å². The van der Waals surface area contributed by atoms with Crippen LogP contribution in [0.15, 0.2) is 24.3 Å². The van der Waals surface area contributed by atoms with Crippen LogP contribution < -0.4 is 10.1 Å². The molecule has 2 aromatic rings. The number of hydrogen-bond acceptors (Lipinski definition) is 4. The third kappa shape index (κ3) is 1.32. The zero-order valence-corrected chi connectivity index (χ0v) is 10.1. The summed E-state index contributed by atoms with van der Waals surface area (Å²) in [6, 6.07) is 7.38. The average molecular weight is 243 g/mol. The minimum atomic E-state index is 0.0577. The topological polar surface area (TPSA) is 61.7 Å². The first-order chi connectivity index (χ1) is 8.59. The number of phenolic OH excluding ortho intramolecular Hbond substituents is 2. The Labute approximate surface area is 104 Å². The molecule has 4 heteroatoms. The summed E-state index contributed by atoms with van der Waals surface area (Å²) in [4.78, 5) is 0. The lowest BCUT2D eigenvalue weighted by atomic mass is 10.0. The molecule has 0 unspecified atom stereocenters. The monoisotopic (exact) mass is 243 g/mol. The number of anilines is 2. The summed E-state index contributed by atoms with van der Waals surface area (Å²) in [7, 11) is 0. The van der Waals surface area contributed by atoms with Crippen LogP contribution in [0.25, 0.3) is 0 Å². The Morgan fingerprint density at radius 2 is 1.67 bits per heavy atom. The molecule has 0 saturated carbocycles. The maximum absolute atomic E-state index is 10.1. The molecule has 2 aromatic carbocycles. The number of benzene rings is 2. The Hall–Kier alpha value is -2.36. The van der Waals surface area contributed by atoms with E-state index in [1.165, 1.54) is 0 Å². The highest BCUT2D eigenvalue weighted by molar-refractivity contribution is 5.84. The van der Waals surface area contributed by atoms with Crippen molar-refractivity contribution >= 4 is 11.4 Å². The fourth-order valence-corrected chi connectivity index (χ4v) is 2.06. The van der Waals surface area contributed by atoms with Gasteiger partial charge in [0.05, 0.1) is 5.69 Å². The molecule has 18 heavy (non-hydrogen) atoms. The molecule has 0 bridgehead atoms. The van der Waals surface area contributed by atoms with Crippen molar-refractivity contribution in [2.24, 2.45) is 0 Å². The van der Waals surface area contributed by atoms with E-state index in [1.807, 2.05) is 18.2 Å². The summed E-state index contributed by atoms with van der Waals surface area (Å²) in [5, 5.41) is 23.3. The third-order valence-corrected chi connectivity index (χ3v) is 3.31. The highest BCUT2D eigenvalue weighted by Gasteiger charge is 2.26. The second-order valence-electron chi connectivity index (χ2n) is 4.37. The van der Waals surface area contributed by atoms with Gasteiger partial charge in [0, 0.05) is 5.56 Å². The molecule has 1 aliphatic heterocycles. The lowest BCUT2D eigenvalue weighted by Crippen LogP contribution is -2.04. The van der Waals surface area contributed by atoms with Crippen LogP contribution in [0, 0.1) is 13.8 Å². The summed E-state index contributed by atoms with van der Waals surface area (Å²) >= 11 is 0. The second-order valence-corrected chi connectivity index (χ2v) is 4.37. The van der Waals surface area contributed by atoms with Crippen LogP contribution in [0.3, 0.4) is 0 Å². The van der Waals surface area contributed by atoms with Gasteiger partial charge in [0.25, 0.3) is 0 Å². The van der Waals surface area contributed by atoms with E-state index in [4.69, 9.17) is 4.74 Å². The van der Waals surface area contributed by atoms with Crippen molar-refractivity contribution in [2.75, 3.05) is 5.32 Å². The van der Waals surface area contributed by atoms with Crippen LogP contribution in [-0.4, -0.2) is 10.2 Å². The molecule has 0 amide bonds. The number of aromatic hydroxyl groups is 2. The summed E-state index contributed by atoms with van der Waals surface area (Å²) in [5.74, 6) is 1.06. The van der Waals surface area contributed by atoms with E-state index in [9.17, 15) is 10.2 Å². The van der Waals surface area contributed by atoms with Crippen LogP contribution in [-0.2, 0) is 0 Å². The van der Waals surface area contributed by atoms with Gasteiger partial charge in [-0.1, -0.05) is 12.1 Å². The number of ether oxygens (including phenoxy) is 1. The van der Waals surface area contributed by atoms with E-state index >= 15 is 0 Å². The zero-order valence-electron chi connectivity index (χ0n) is 10.1. The normalized spacial score (nSPS) is 12.1. The molecule has 0 aromatic heterocycles. The second kappa shape index (κ2) is 3.57. The van der Waals surface area contributed by atoms with E-state index in [1.54, 1.807) is 19.9 Å². The van der Waals surface area contributed by atoms with Gasteiger partial charge < -0.3 is 20.3 Å². The molecule has 3 N–H and O–H groups in total. The van der Waals surface area contributed by atoms with E-state index in [0.29, 0.717) is 22.6 Å². The fraction of sp³-hybridized carbons (Fsp3) is 0.143. The molecule has 4 nitrogen and oxygen atoms in total. The Morgan fingerprint density at radius 3 is 2.44 bits per heavy atom. The van der Waals surface area contributed by atoms with Gasteiger partial charge in [-0.15, -0.1) is 0 Å². The summed E-state index contributed by atoms with van der Waals surface area (Å²) in [5.41, 5.74) is 2.44. The smallest absolute Gasteiger partial charge is 0.196 e. The maximum Gasteiger partial charge on any atom is 0.196 e. The Kier molecular flexibility index (Phi) is 2.13. The lowest BCUT2D eigenvalue weighted by Gasteiger charge is -2.25. The molecular formula is C14H13NO3. The highest BCUT2D eigenvalue weighted by Crippen LogP contribution is 2.53. The van der Waals surface area contributed by atoms with Crippen molar-refractivity contribution in [2.45, 2.75) is 13.8 Å². The van der Waals surface area contributed by atoms with Crippen molar-refractivity contribution < 1.29 is 14.9 Å². The molecule has 3 rings (SSSR count). The van der Waals surface area contributed by atoms with E-state index in [-0.39, 0.29) is 17.2 Å². The number of hydrogen-bond donors (Lipinski definition) is 3. The fourth-order valence-electron chi connectivity index (χ4n) is 2.06. The average Bonchev–Trinajstić information content (AvgIpc) is 2.41. The Bertz CT molecular complexity index is 594. The van der Waals surface area contributed by atoms with E-state index in [2.05, 4.69) is 5.32 Å². The molecule has 0 fully saturated rings. The summed E-state index contributed by atoms with van der Waals surface area (Å²) in [6.45, 7) is 3.50. The van der Waals surface area contributed by atoms with Crippen molar-refractivity contribution in [3.63, 3.8) is 0 Å². The number of phenols is 2. The zero-order chi connectivity index (χ0) is 12.9. The van der Waals surface area contributed by atoms with Gasteiger partial charge >= 0.3 is 0 Å². The van der Waals surface area contributed by atoms with Gasteiger partial charge in [0.15, 0.2) is 17.2 Å². The molecule has 92 valence electrons. The minimum absolute atomic E-state index is 0.0577. The first kappa shape index (κ1) is 10.8. The molecule has 0 saturated heterocycles. The Morgan fingerprint density at radius 1 is 1.00 bits per heavy atom. The van der Waals surface area contributed by atoms with Gasteiger partial charge in [-0.25, -0.2) is 0 Å². The number of fused-ring (bicyclic) bond motifs is 2. The third-order valence-electron chi connectivity index (χ3n) is 3.31.